The van der Waals surface area contributed by atoms with E-state index in [1.54, 1.807) is 7.11 Å². The Morgan fingerprint density at radius 3 is 2.56 bits per heavy atom. The third-order valence-corrected chi connectivity index (χ3v) is 2.81. The van der Waals surface area contributed by atoms with Gasteiger partial charge in [-0.3, -0.25) is 4.79 Å². The van der Waals surface area contributed by atoms with Gasteiger partial charge in [0.2, 0.25) is 5.91 Å². The van der Waals surface area contributed by atoms with Crippen LogP contribution in [0.2, 0.25) is 0 Å². The van der Waals surface area contributed by atoms with Crippen LogP contribution in [0, 0.1) is 0 Å². The number of nitrogens with two attached hydrogens (primary N) is 1. The quantitative estimate of drug-likeness (QED) is 0.852. The Hall–Kier alpha value is -1.55. The largest absolute Gasteiger partial charge is 0.496 e. The van der Waals surface area contributed by atoms with Crippen molar-refractivity contribution in [2.24, 2.45) is 5.73 Å². The summed E-state index contributed by atoms with van der Waals surface area (Å²) in [7, 11) is 1.63. The van der Waals surface area contributed by atoms with Gasteiger partial charge in [0, 0.05) is 12.1 Å². The van der Waals surface area contributed by atoms with E-state index in [2.05, 4.69) is 32.2 Å². The number of benzene rings is 1. The molecule has 4 nitrogen and oxygen atoms in total. The molecule has 0 aliphatic rings. The summed E-state index contributed by atoms with van der Waals surface area (Å²) < 4.78 is 5.30. The highest BCUT2D eigenvalue weighted by Gasteiger charge is 2.16. The third kappa shape index (κ3) is 3.74. The zero-order valence-electron chi connectivity index (χ0n) is 11.5. The van der Waals surface area contributed by atoms with Gasteiger partial charge >= 0.3 is 0 Å². The molecule has 0 radical (unpaired) electrons. The summed E-state index contributed by atoms with van der Waals surface area (Å²) >= 11 is 0. The highest BCUT2D eigenvalue weighted by molar-refractivity contribution is 5.77. The molecule has 0 atom stereocenters. The van der Waals surface area contributed by atoms with Crippen LogP contribution in [-0.4, -0.2) is 19.6 Å². The maximum Gasteiger partial charge on any atom is 0.234 e. The van der Waals surface area contributed by atoms with Gasteiger partial charge in [0.15, 0.2) is 0 Å². The Morgan fingerprint density at radius 1 is 1.39 bits per heavy atom. The van der Waals surface area contributed by atoms with E-state index >= 15 is 0 Å². The first kappa shape index (κ1) is 14.5. The van der Waals surface area contributed by atoms with E-state index in [1.807, 2.05) is 12.1 Å². The Kier molecular flexibility index (Phi) is 4.73. The number of ether oxygens (including phenoxy) is 1. The number of carbonyl (C=O) groups excluding carboxylic acids is 1. The lowest BCUT2D eigenvalue weighted by molar-refractivity contribution is -0.119. The molecule has 0 bridgehead atoms. The van der Waals surface area contributed by atoms with E-state index in [4.69, 9.17) is 10.5 Å². The number of carbonyl (C=O) groups is 1. The molecule has 1 amide bonds. The molecule has 0 heterocycles. The van der Waals surface area contributed by atoms with Crippen molar-refractivity contribution >= 4 is 5.91 Å². The van der Waals surface area contributed by atoms with Crippen LogP contribution in [0.3, 0.4) is 0 Å². The molecule has 1 aromatic carbocycles. The van der Waals surface area contributed by atoms with Crippen LogP contribution in [0.1, 0.15) is 31.9 Å². The second kappa shape index (κ2) is 5.87. The van der Waals surface area contributed by atoms with Crippen LogP contribution in [0.25, 0.3) is 0 Å². The maximum absolute atomic E-state index is 11.2. The van der Waals surface area contributed by atoms with Crippen molar-refractivity contribution in [2.45, 2.75) is 32.7 Å². The molecule has 0 unspecified atom stereocenters. The molecule has 1 rings (SSSR count). The van der Waals surface area contributed by atoms with Crippen LogP contribution in [-0.2, 0) is 16.8 Å². The van der Waals surface area contributed by atoms with E-state index in [9.17, 15) is 4.79 Å². The van der Waals surface area contributed by atoms with Gasteiger partial charge in [0.05, 0.1) is 13.7 Å². The number of amides is 1. The SMILES string of the molecule is COc1ccc(C(C)(C)C)cc1CNC(=O)CN. The maximum atomic E-state index is 11.2. The average Bonchev–Trinajstić information content (AvgIpc) is 2.34. The van der Waals surface area contributed by atoms with E-state index in [1.165, 1.54) is 5.56 Å². The van der Waals surface area contributed by atoms with Crippen molar-refractivity contribution < 1.29 is 9.53 Å². The Balaban J connectivity index is 2.96. The minimum atomic E-state index is -0.168. The van der Waals surface area contributed by atoms with Gasteiger partial charge in [0.25, 0.3) is 0 Å². The molecule has 18 heavy (non-hydrogen) atoms. The van der Waals surface area contributed by atoms with Gasteiger partial charge in [-0.2, -0.15) is 0 Å². The topological polar surface area (TPSA) is 64.3 Å². The van der Waals surface area contributed by atoms with Gasteiger partial charge < -0.3 is 15.8 Å². The molecule has 0 saturated carbocycles. The predicted octanol–water partition coefficient (Wildman–Crippen LogP) is 1.57. The van der Waals surface area contributed by atoms with Gasteiger partial charge in [0.1, 0.15) is 5.75 Å². The Labute approximate surface area is 109 Å². The molecule has 3 N–H and O–H groups in total. The summed E-state index contributed by atoms with van der Waals surface area (Å²) in [5.41, 5.74) is 7.50. The van der Waals surface area contributed by atoms with Crippen molar-refractivity contribution in [3.63, 3.8) is 0 Å². The molecule has 4 heteroatoms. The first-order valence-corrected chi connectivity index (χ1v) is 6.02. The van der Waals surface area contributed by atoms with Crippen molar-refractivity contribution in [2.75, 3.05) is 13.7 Å². The fourth-order valence-electron chi connectivity index (χ4n) is 1.65. The second-order valence-corrected chi connectivity index (χ2v) is 5.26. The number of hydrogen-bond acceptors (Lipinski definition) is 3. The molecule has 1 aromatic rings. The molecule has 0 aliphatic heterocycles. The molecule has 0 saturated heterocycles. The van der Waals surface area contributed by atoms with E-state index in [0.29, 0.717) is 6.54 Å². The zero-order valence-corrected chi connectivity index (χ0v) is 11.5. The molecule has 0 spiro atoms. The average molecular weight is 250 g/mol. The fourth-order valence-corrected chi connectivity index (χ4v) is 1.65. The van der Waals surface area contributed by atoms with Crippen LogP contribution in [0.4, 0.5) is 0 Å². The molecule has 0 aromatic heterocycles. The lowest BCUT2D eigenvalue weighted by atomic mass is 9.86. The van der Waals surface area contributed by atoms with E-state index < -0.39 is 0 Å². The van der Waals surface area contributed by atoms with Crippen LogP contribution in [0.15, 0.2) is 18.2 Å². The van der Waals surface area contributed by atoms with Crippen LogP contribution >= 0.6 is 0 Å². The van der Waals surface area contributed by atoms with Gasteiger partial charge in [-0.1, -0.05) is 26.8 Å². The lowest BCUT2D eigenvalue weighted by Gasteiger charge is -2.21. The van der Waals surface area contributed by atoms with Crippen molar-refractivity contribution in [1.82, 2.24) is 5.32 Å². The Morgan fingerprint density at radius 2 is 2.06 bits per heavy atom. The lowest BCUT2D eigenvalue weighted by Crippen LogP contribution is -2.30. The van der Waals surface area contributed by atoms with Crippen molar-refractivity contribution in [3.05, 3.63) is 29.3 Å². The van der Waals surface area contributed by atoms with Crippen molar-refractivity contribution in [1.29, 1.82) is 0 Å². The molecule has 0 fully saturated rings. The summed E-state index contributed by atoms with van der Waals surface area (Å²) in [6, 6.07) is 6.05. The Bertz CT molecular complexity index is 422. The summed E-state index contributed by atoms with van der Waals surface area (Å²) in [5.74, 6) is 0.610. The number of nitrogens with one attached hydrogen (secondary N) is 1. The van der Waals surface area contributed by atoms with Gasteiger partial charge in [-0.25, -0.2) is 0 Å². The molecular formula is C14H22N2O2. The number of hydrogen-bond donors (Lipinski definition) is 2. The van der Waals surface area contributed by atoms with Crippen molar-refractivity contribution in [3.8, 4) is 5.75 Å². The van der Waals surface area contributed by atoms with E-state index in [-0.39, 0.29) is 17.9 Å². The van der Waals surface area contributed by atoms with Gasteiger partial charge in [-0.05, 0) is 23.1 Å². The molecular weight excluding hydrogens is 228 g/mol. The minimum Gasteiger partial charge on any atom is -0.496 e. The van der Waals surface area contributed by atoms with Crippen LogP contribution in [0.5, 0.6) is 5.75 Å². The highest BCUT2D eigenvalue weighted by Crippen LogP contribution is 2.27. The summed E-state index contributed by atoms with van der Waals surface area (Å²) in [4.78, 5) is 11.2. The third-order valence-electron chi connectivity index (χ3n) is 2.81. The summed E-state index contributed by atoms with van der Waals surface area (Å²) in [6.45, 7) is 6.88. The monoisotopic (exact) mass is 250 g/mol. The smallest absolute Gasteiger partial charge is 0.234 e. The number of rotatable bonds is 4. The summed E-state index contributed by atoms with van der Waals surface area (Å²) in [5, 5.41) is 2.76. The second-order valence-electron chi connectivity index (χ2n) is 5.26. The molecule has 0 aliphatic carbocycles. The van der Waals surface area contributed by atoms with E-state index in [0.717, 1.165) is 11.3 Å². The minimum absolute atomic E-state index is 0.00127. The highest BCUT2D eigenvalue weighted by atomic mass is 16.5. The van der Waals surface area contributed by atoms with Crippen LogP contribution < -0.4 is 15.8 Å². The fraction of sp³-hybridized carbons (Fsp3) is 0.500. The van der Waals surface area contributed by atoms with Gasteiger partial charge in [-0.15, -0.1) is 0 Å². The standard InChI is InChI=1S/C14H22N2O2/c1-14(2,3)11-5-6-12(18-4)10(7-11)9-16-13(17)8-15/h5-7H,8-9,15H2,1-4H3,(H,16,17). The zero-order chi connectivity index (χ0) is 13.8. The summed E-state index contributed by atoms with van der Waals surface area (Å²) in [6.07, 6.45) is 0. The first-order valence-electron chi connectivity index (χ1n) is 6.02. The first-order chi connectivity index (χ1) is 8.38. The predicted molar refractivity (Wildman–Crippen MR) is 72.6 cm³/mol. The molecule has 100 valence electrons. The normalized spacial score (nSPS) is 11.2. The number of methoxy groups -OCH3 is 1.